The van der Waals surface area contributed by atoms with Crippen LogP contribution >= 0.6 is 20.8 Å². The lowest BCUT2D eigenvalue weighted by Crippen LogP contribution is -2.28. The second kappa shape index (κ2) is 8.16. The summed E-state index contributed by atoms with van der Waals surface area (Å²) in [6.07, 6.45) is 9.03. The van der Waals surface area contributed by atoms with Gasteiger partial charge in [0.2, 0.25) is 0 Å². The fourth-order valence-electron chi connectivity index (χ4n) is 3.50. The number of halogens is 1. The third-order valence-electron chi connectivity index (χ3n) is 5.54. The summed E-state index contributed by atoms with van der Waals surface area (Å²) in [4.78, 5) is 17.1. The first kappa shape index (κ1) is 18.7. The number of amides is 1. The predicted molar refractivity (Wildman–Crippen MR) is 115 cm³/mol. The molecule has 0 aliphatic heterocycles. The van der Waals surface area contributed by atoms with E-state index in [1.165, 1.54) is 19.3 Å². The van der Waals surface area contributed by atoms with Crippen molar-refractivity contribution < 1.29 is 4.79 Å². The summed E-state index contributed by atoms with van der Waals surface area (Å²) < 4.78 is 0. The largest absolute Gasteiger partial charge is 0.352 e. The molecule has 2 N–H and O–H groups in total. The number of carbonyl (C=O) groups is 1. The van der Waals surface area contributed by atoms with Crippen molar-refractivity contribution in [3.8, 4) is 0 Å². The molecular formula is C21H25ClN3OP. The van der Waals surface area contributed by atoms with Crippen LogP contribution in [0.2, 0.25) is 5.02 Å². The lowest BCUT2D eigenvalue weighted by molar-refractivity contribution is 0.0947. The highest BCUT2D eigenvalue weighted by Crippen LogP contribution is 2.42. The molecule has 4 rings (SSSR count). The van der Waals surface area contributed by atoms with E-state index >= 15 is 0 Å². The number of hydrogen-bond acceptors (Lipinski definition) is 3. The summed E-state index contributed by atoms with van der Waals surface area (Å²) in [5.74, 6) is 2.02. The van der Waals surface area contributed by atoms with Gasteiger partial charge in [-0.2, -0.15) is 0 Å². The average Bonchev–Trinajstić information content (AvgIpc) is 3.45. The van der Waals surface area contributed by atoms with Crippen molar-refractivity contribution in [3.05, 3.63) is 46.6 Å². The van der Waals surface area contributed by atoms with Crippen molar-refractivity contribution in [1.29, 1.82) is 0 Å². The molecule has 2 aliphatic carbocycles. The van der Waals surface area contributed by atoms with E-state index in [1.807, 2.05) is 24.3 Å². The zero-order valence-electron chi connectivity index (χ0n) is 15.3. The van der Waals surface area contributed by atoms with E-state index in [9.17, 15) is 4.79 Å². The molecule has 2 fully saturated rings. The van der Waals surface area contributed by atoms with Crippen molar-refractivity contribution in [1.82, 2.24) is 10.3 Å². The number of nitrogens with zero attached hydrogens (tertiary/aromatic N) is 1. The summed E-state index contributed by atoms with van der Waals surface area (Å²) in [6.45, 7) is 0.756. The van der Waals surface area contributed by atoms with Gasteiger partial charge in [-0.25, -0.2) is 4.98 Å². The van der Waals surface area contributed by atoms with Crippen LogP contribution in [0.15, 0.2) is 30.5 Å². The molecule has 1 amide bonds. The van der Waals surface area contributed by atoms with E-state index in [0.29, 0.717) is 16.5 Å². The first-order chi connectivity index (χ1) is 13.1. The Morgan fingerprint density at radius 3 is 2.74 bits per heavy atom. The van der Waals surface area contributed by atoms with Crippen molar-refractivity contribution in [2.24, 2.45) is 5.92 Å². The molecule has 1 aromatic heterocycles. The number of nitrogens with one attached hydrogen (secondary N) is 2. The zero-order valence-corrected chi connectivity index (χ0v) is 17.2. The Kier molecular flexibility index (Phi) is 5.66. The summed E-state index contributed by atoms with van der Waals surface area (Å²) in [5.41, 5.74) is 2.72. The fourth-order valence-corrected chi connectivity index (χ4v) is 3.93. The number of carbonyl (C=O) groups excluding carboxylic acids is 1. The van der Waals surface area contributed by atoms with Gasteiger partial charge in [0, 0.05) is 23.5 Å². The minimum absolute atomic E-state index is 0.00441. The van der Waals surface area contributed by atoms with Crippen molar-refractivity contribution in [2.75, 3.05) is 11.9 Å². The molecule has 2 aliphatic rings. The van der Waals surface area contributed by atoms with E-state index in [1.54, 1.807) is 6.20 Å². The minimum atomic E-state index is 0.00441. The maximum absolute atomic E-state index is 12.7. The average molecular weight is 402 g/mol. The summed E-state index contributed by atoms with van der Waals surface area (Å²) in [6, 6.07) is 7.70. The summed E-state index contributed by atoms with van der Waals surface area (Å²) in [5, 5.41) is 8.11. The minimum Gasteiger partial charge on any atom is -0.352 e. The molecule has 2 saturated carbocycles. The highest BCUT2D eigenvalue weighted by atomic mass is 35.5. The van der Waals surface area contributed by atoms with Gasteiger partial charge in [0.05, 0.1) is 5.56 Å². The molecule has 1 atom stereocenters. The van der Waals surface area contributed by atoms with Crippen molar-refractivity contribution >= 4 is 43.6 Å². The van der Waals surface area contributed by atoms with Gasteiger partial charge in [0.1, 0.15) is 5.82 Å². The second-order valence-electron chi connectivity index (χ2n) is 7.63. The molecule has 0 bridgehead atoms. The summed E-state index contributed by atoms with van der Waals surface area (Å²) in [7, 11) is 2.69. The SMILES string of the molecule is O=C(NCCC1CCC1)c1cnc(Nc2cc(Cl)ccc2P)cc1C1CC1. The molecule has 142 valence electrons. The Balaban J connectivity index is 1.48. The molecule has 4 nitrogen and oxygen atoms in total. The third-order valence-corrected chi connectivity index (χ3v) is 6.28. The van der Waals surface area contributed by atoms with E-state index in [-0.39, 0.29) is 5.91 Å². The Hall–Kier alpha value is -1.64. The normalized spacial score (nSPS) is 16.7. The van der Waals surface area contributed by atoms with Crippen LogP contribution in [-0.4, -0.2) is 17.4 Å². The lowest BCUT2D eigenvalue weighted by Gasteiger charge is -2.25. The van der Waals surface area contributed by atoms with Crippen LogP contribution in [0.1, 0.15) is 60.4 Å². The van der Waals surface area contributed by atoms with Crippen LogP contribution in [-0.2, 0) is 0 Å². The molecule has 2 aromatic rings. The van der Waals surface area contributed by atoms with Crippen LogP contribution in [0.4, 0.5) is 11.5 Å². The molecule has 27 heavy (non-hydrogen) atoms. The molecule has 6 heteroatoms. The Morgan fingerprint density at radius 1 is 1.22 bits per heavy atom. The number of anilines is 2. The monoisotopic (exact) mass is 401 g/mol. The Labute approximate surface area is 167 Å². The van der Waals surface area contributed by atoms with E-state index in [4.69, 9.17) is 11.6 Å². The standard InChI is InChI=1S/C21H25ClN3OP/c22-15-6-7-19(27)18(10-15)25-20-11-16(14-4-5-14)17(12-24-20)21(26)23-9-8-13-2-1-3-13/h6-7,10-14H,1-5,8-9,27H2,(H,23,26)(H,24,25). The van der Waals surface area contributed by atoms with Gasteiger partial charge in [0.15, 0.2) is 0 Å². The highest BCUT2D eigenvalue weighted by Gasteiger charge is 2.29. The Bertz CT molecular complexity index is 849. The van der Waals surface area contributed by atoms with Gasteiger partial charge >= 0.3 is 0 Å². The van der Waals surface area contributed by atoms with Crippen LogP contribution < -0.4 is 15.9 Å². The smallest absolute Gasteiger partial charge is 0.253 e. The number of pyridine rings is 1. The third kappa shape index (κ3) is 4.62. The highest BCUT2D eigenvalue weighted by molar-refractivity contribution is 7.28. The van der Waals surface area contributed by atoms with Crippen LogP contribution in [0.5, 0.6) is 0 Å². The van der Waals surface area contributed by atoms with Crippen LogP contribution in [0, 0.1) is 5.92 Å². The number of hydrogen-bond donors (Lipinski definition) is 2. The maximum atomic E-state index is 12.7. The quantitative estimate of drug-likeness (QED) is 0.657. The maximum Gasteiger partial charge on any atom is 0.253 e. The zero-order chi connectivity index (χ0) is 18.8. The van der Waals surface area contributed by atoms with Crippen LogP contribution in [0.3, 0.4) is 0 Å². The van der Waals surface area contributed by atoms with Gasteiger partial charge in [-0.3, -0.25) is 4.79 Å². The lowest BCUT2D eigenvalue weighted by atomic mass is 9.83. The molecular weight excluding hydrogens is 377 g/mol. The molecule has 0 saturated heterocycles. The van der Waals surface area contributed by atoms with Gasteiger partial charge in [-0.15, -0.1) is 9.24 Å². The predicted octanol–water partition coefficient (Wildman–Crippen LogP) is 4.78. The molecule has 0 spiro atoms. The van der Waals surface area contributed by atoms with E-state index in [2.05, 4.69) is 24.9 Å². The number of rotatable bonds is 7. The van der Waals surface area contributed by atoms with Gasteiger partial charge in [-0.1, -0.05) is 36.9 Å². The molecule has 0 radical (unpaired) electrons. The second-order valence-corrected chi connectivity index (χ2v) is 8.69. The van der Waals surface area contributed by atoms with Gasteiger partial charge < -0.3 is 10.6 Å². The van der Waals surface area contributed by atoms with Gasteiger partial charge in [-0.05, 0) is 60.2 Å². The molecule has 1 unspecified atom stereocenters. The van der Waals surface area contributed by atoms with Gasteiger partial charge in [0.25, 0.3) is 5.91 Å². The van der Waals surface area contributed by atoms with Crippen molar-refractivity contribution in [2.45, 2.75) is 44.4 Å². The topological polar surface area (TPSA) is 54.0 Å². The van der Waals surface area contributed by atoms with E-state index < -0.39 is 0 Å². The summed E-state index contributed by atoms with van der Waals surface area (Å²) >= 11 is 6.10. The van der Waals surface area contributed by atoms with E-state index in [0.717, 1.165) is 54.1 Å². The fraction of sp³-hybridized carbons (Fsp3) is 0.429. The molecule has 1 aromatic carbocycles. The Morgan fingerprint density at radius 2 is 2.04 bits per heavy atom. The molecule has 1 heterocycles. The van der Waals surface area contributed by atoms with Crippen molar-refractivity contribution in [3.63, 3.8) is 0 Å². The number of aromatic nitrogens is 1. The van der Waals surface area contributed by atoms with Crippen LogP contribution in [0.25, 0.3) is 0 Å². The first-order valence-electron chi connectivity index (χ1n) is 9.70. The first-order valence-corrected chi connectivity index (χ1v) is 10.7. The number of benzene rings is 1.